The SMILES string of the molecule is C=C(C)CCC(NCC)C(C)(CC)N1CCCC1. The van der Waals surface area contributed by atoms with Crippen LogP contribution in [0.3, 0.4) is 0 Å². The normalized spacial score (nSPS) is 21.8. The largest absolute Gasteiger partial charge is 0.312 e. The predicted octanol–water partition coefficient (Wildman–Crippen LogP) is 3.59. The zero-order valence-corrected chi connectivity index (χ0v) is 12.9. The molecule has 0 bridgehead atoms. The fraction of sp³-hybridized carbons (Fsp3) is 0.875. The maximum Gasteiger partial charge on any atom is 0.0331 e. The summed E-state index contributed by atoms with van der Waals surface area (Å²) in [4.78, 5) is 2.71. The molecular formula is C16H32N2. The van der Waals surface area contributed by atoms with Crippen molar-refractivity contribution in [3.63, 3.8) is 0 Å². The van der Waals surface area contributed by atoms with Gasteiger partial charge in [0, 0.05) is 11.6 Å². The molecule has 0 aromatic carbocycles. The molecule has 2 heteroatoms. The van der Waals surface area contributed by atoms with Crippen LogP contribution in [0.2, 0.25) is 0 Å². The summed E-state index contributed by atoms with van der Waals surface area (Å²) < 4.78 is 0. The fourth-order valence-corrected chi connectivity index (χ4v) is 3.19. The standard InChI is InChI=1S/C16H32N2/c1-6-16(5,18-12-8-9-13-18)15(17-7-2)11-10-14(3)4/h15,17H,3,6-13H2,1-2,4-5H3. The van der Waals surface area contributed by atoms with Crippen molar-refractivity contribution in [1.82, 2.24) is 10.2 Å². The van der Waals surface area contributed by atoms with E-state index in [4.69, 9.17) is 0 Å². The summed E-state index contributed by atoms with van der Waals surface area (Å²) in [6, 6.07) is 0.585. The van der Waals surface area contributed by atoms with E-state index in [2.05, 4.69) is 44.5 Å². The number of likely N-dealkylation sites (N-methyl/N-ethyl adjacent to an activating group) is 1. The lowest BCUT2D eigenvalue weighted by Crippen LogP contribution is -2.58. The number of likely N-dealkylation sites (tertiary alicyclic amines) is 1. The maximum absolute atomic E-state index is 4.05. The van der Waals surface area contributed by atoms with Crippen LogP contribution in [0.5, 0.6) is 0 Å². The molecule has 0 saturated carbocycles. The summed E-state index contributed by atoms with van der Waals surface area (Å²) in [7, 11) is 0. The Balaban J connectivity index is 2.73. The first-order valence-corrected chi connectivity index (χ1v) is 7.67. The Bertz CT molecular complexity index is 256. The number of nitrogens with one attached hydrogen (secondary N) is 1. The highest BCUT2D eigenvalue weighted by Crippen LogP contribution is 2.30. The highest BCUT2D eigenvalue weighted by atomic mass is 15.2. The topological polar surface area (TPSA) is 15.3 Å². The Hall–Kier alpha value is -0.340. The molecule has 2 atom stereocenters. The molecule has 1 aliphatic heterocycles. The minimum absolute atomic E-state index is 0.308. The summed E-state index contributed by atoms with van der Waals surface area (Å²) in [6.45, 7) is 16.8. The van der Waals surface area contributed by atoms with Gasteiger partial charge in [-0.15, -0.1) is 6.58 Å². The minimum atomic E-state index is 0.308. The van der Waals surface area contributed by atoms with Gasteiger partial charge in [0.2, 0.25) is 0 Å². The third kappa shape index (κ3) is 3.83. The fourth-order valence-electron chi connectivity index (χ4n) is 3.19. The molecule has 0 spiro atoms. The van der Waals surface area contributed by atoms with Crippen LogP contribution in [0, 0.1) is 0 Å². The van der Waals surface area contributed by atoms with Crippen LogP contribution in [0.1, 0.15) is 59.8 Å². The van der Waals surface area contributed by atoms with Gasteiger partial charge in [-0.2, -0.15) is 0 Å². The maximum atomic E-state index is 4.05. The lowest BCUT2D eigenvalue weighted by Gasteiger charge is -2.45. The third-order valence-corrected chi connectivity index (χ3v) is 4.61. The van der Waals surface area contributed by atoms with Crippen molar-refractivity contribution < 1.29 is 0 Å². The molecule has 1 fully saturated rings. The molecule has 18 heavy (non-hydrogen) atoms. The average Bonchev–Trinajstić information content (AvgIpc) is 2.87. The van der Waals surface area contributed by atoms with E-state index in [9.17, 15) is 0 Å². The number of nitrogens with zero attached hydrogens (tertiary/aromatic N) is 1. The van der Waals surface area contributed by atoms with Gasteiger partial charge in [-0.3, -0.25) is 4.90 Å². The van der Waals surface area contributed by atoms with Crippen LogP contribution in [0.4, 0.5) is 0 Å². The number of hydrogen-bond donors (Lipinski definition) is 1. The molecule has 0 aromatic heterocycles. The summed E-state index contributed by atoms with van der Waals surface area (Å²) in [5.74, 6) is 0. The second-order valence-electron chi connectivity index (χ2n) is 6.01. The van der Waals surface area contributed by atoms with E-state index in [-0.39, 0.29) is 0 Å². The quantitative estimate of drug-likeness (QED) is 0.664. The van der Waals surface area contributed by atoms with E-state index in [0.29, 0.717) is 11.6 Å². The van der Waals surface area contributed by atoms with E-state index in [1.807, 2.05) is 0 Å². The number of rotatable bonds is 8. The van der Waals surface area contributed by atoms with Crippen molar-refractivity contribution in [3.8, 4) is 0 Å². The Morgan fingerprint density at radius 2 is 1.94 bits per heavy atom. The molecule has 0 aliphatic carbocycles. The van der Waals surface area contributed by atoms with E-state index in [1.54, 1.807) is 0 Å². The van der Waals surface area contributed by atoms with Crippen LogP contribution in [-0.4, -0.2) is 36.1 Å². The van der Waals surface area contributed by atoms with E-state index >= 15 is 0 Å². The third-order valence-electron chi connectivity index (χ3n) is 4.61. The highest BCUT2D eigenvalue weighted by molar-refractivity contribution is 5.00. The summed E-state index contributed by atoms with van der Waals surface area (Å²) >= 11 is 0. The highest BCUT2D eigenvalue weighted by Gasteiger charge is 2.38. The molecule has 1 rings (SSSR count). The average molecular weight is 252 g/mol. The summed E-state index contributed by atoms with van der Waals surface area (Å²) in [5.41, 5.74) is 1.61. The molecule has 2 unspecified atom stereocenters. The molecule has 0 amide bonds. The number of hydrogen-bond acceptors (Lipinski definition) is 2. The van der Waals surface area contributed by atoms with Gasteiger partial charge in [0.15, 0.2) is 0 Å². The Labute approximate surface area is 114 Å². The molecule has 106 valence electrons. The van der Waals surface area contributed by atoms with Gasteiger partial charge in [0.1, 0.15) is 0 Å². The van der Waals surface area contributed by atoms with Gasteiger partial charge >= 0.3 is 0 Å². The Morgan fingerprint density at radius 3 is 2.39 bits per heavy atom. The summed E-state index contributed by atoms with van der Waals surface area (Å²) in [6.07, 6.45) is 6.32. The molecular weight excluding hydrogens is 220 g/mol. The lowest BCUT2D eigenvalue weighted by atomic mass is 9.84. The van der Waals surface area contributed by atoms with Crippen LogP contribution in [0.25, 0.3) is 0 Å². The van der Waals surface area contributed by atoms with E-state index in [0.717, 1.165) is 13.0 Å². The van der Waals surface area contributed by atoms with Gasteiger partial charge in [-0.25, -0.2) is 0 Å². The second-order valence-corrected chi connectivity index (χ2v) is 6.01. The first-order valence-electron chi connectivity index (χ1n) is 7.67. The van der Waals surface area contributed by atoms with Gasteiger partial charge in [-0.05, 0) is 65.6 Å². The lowest BCUT2D eigenvalue weighted by molar-refractivity contribution is 0.0811. The first-order chi connectivity index (χ1) is 8.54. The van der Waals surface area contributed by atoms with E-state index < -0.39 is 0 Å². The van der Waals surface area contributed by atoms with Crippen LogP contribution in [0.15, 0.2) is 12.2 Å². The van der Waals surface area contributed by atoms with Crippen molar-refractivity contribution in [2.75, 3.05) is 19.6 Å². The monoisotopic (exact) mass is 252 g/mol. The van der Waals surface area contributed by atoms with Crippen LogP contribution < -0.4 is 5.32 Å². The van der Waals surface area contributed by atoms with Crippen molar-refractivity contribution in [3.05, 3.63) is 12.2 Å². The zero-order chi connectivity index (χ0) is 13.6. The summed E-state index contributed by atoms with van der Waals surface area (Å²) in [5, 5.41) is 3.72. The van der Waals surface area contributed by atoms with Crippen molar-refractivity contribution >= 4 is 0 Å². The second kappa shape index (κ2) is 7.30. The molecule has 0 aromatic rings. The Morgan fingerprint density at radius 1 is 1.33 bits per heavy atom. The van der Waals surface area contributed by atoms with Crippen molar-refractivity contribution in [2.45, 2.75) is 71.4 Å². The van der Waals surface area contributed by atoms with Gasteiger partial charge in [-0.1, -0.05) is 19.4 Å². The molecule has 1 saturated heterocycles. The van der Waals surface area contributed by atoms with Crippen LogP contribution >= 0.6 is 0 Å². The van der Waals surface area contributed by atoms with Crippen molar-refractivity contribution in [1.29, 1.82) is 0 Å². The first kappa shape index (κ1) is 15.7. The van der Waals surface area contributed by atoms with Gasteiger partial charge < -0.3 is 5.32 Å². The van der Waals surface area contributed by atoms with Crippen molar-refractivity contribution in [2.24, 2.45) is 0 Å². The van der Waals surface area contributed by atoms with E-state index in [1.165, 1.54) is 44.3 Å². The smallest absolute Gasteiger partial charge is 0.0331 e. The zero-order valence-electron chi connectivity index (χ0n) is 12.9. The van der Waals surface area contributed by atoms with Gasteiger partial charge in [0.25, 0.3) is 0 Å². The molecule has 0 radical (unpaired) electrons. The number of allylic oxidation sites excluding steroid dienone is 1. The molecule has 1 heterocycles. The molecule has 1 N–H and O–H groups in total. The van der Waals surface area contributed by atoms with Crippen LogP contribution in [-0.2, 0) is 0 Å². The van der Waals surface area contributed by atoms with Gasteiger partial charge in [0.05, 0.1) is 0 Å². The predicted molar refractivity (Wildman–Crippen MR) is 81.0 cm³/mol. The Kier molecular flexibility index (Phi) is 6.37. The molecule has 1 aliphatic rings. The molecule has 2 nitrogen and oxygen atoms in total. The minimum Gasteiger partial charge on any atom is -0.312 e.